The minimum atomic E-state index is 0. The van der Waals surface area contributed by atoms with Gasteiger partial charge >= 0.3 is 0 Å². The smallest absolute Gasteiger partial charge is 0.0202 e. The molecule has 0 saturated heterocycles. The van der Waals surface area contributed by atoms with Crippen LogP contribution in [0.25, 0.3) is 43.4 Å². The van der Waals surface area contributed by atoms with Gasteiger partial charge in [-0.2, -0.15) is 42.5 Å². The maximum absolute atomic E-state index is 3.26. The van der Waals surface area contributed by atoms with Crippen LogP contribution in [0.1, 0.15) is 119 Å². The minimum absolute atomic E-state index is 0. The molecule has 4 aliphatic carbocycles. The molecular formula is C62H78Y31-2. The topological polar surface area (TPSA) is 0 Å². The minimum Gasteiger partial charge on any atom is -0.226 e. The number of benzene rings is 6. The van der Waals surface area contributed by atoms with Gasteiger partial charge in [0, 0.05) is 1030 Å². The van der Waals surface area contributed by atoms with Crippen LogP contribution in [0.4, 0.5) is 0 Å². The molecule has 421 valence electrons. The van der Waals surface area contributed by atoms with Gasteiger partial charge in [-0.3, -0.25) is 0 Å². The summed E-state index contributed by atoms with van der Waals surface area (Å²) < 4.78 is 0. The predicted molar refractivity (Wildman–Crippen MR) is 283 cm³/mol. The van der Waals surface area contributed by atoms with Gasteiger partial charge in [-0.1, -0.05) is 194 Å². The molecule has 10 rings (SSSR count). The third kappa shape index (κ3) is 75.9. The van der Waals surface area contributed by atoms with E-state index < -0.39 is 0 Å². The van der Waals surface area contributed by atoms with Gasteiger partial charge in [-0.15, -0.1) is 17.2 Å². The molecule has 6 aromatic carbocycles. The van der Waals surface area contributed by atoms with E-state index in [9.17, 15) is 0 Å². The quantitative estimate of drug-likeness (QED) is 0.114. The maximum atomic E-state index is 3.26. The molecule has 2 unspecified atom stereocenters. The fourth-order valence-electron chi connectivity index (χ4n) is 8.08. The summed E-state index contributed by atoms with van der Waals surface area (Å²) in [6.45, 7) is 37.1. The SMILES string of the molecule is CC.CC.CC.CC.CC.CC.CC1=CC2=CC=C3C=CC=C4C=CC(=C1C)C2C43.Cc1c[c-]c(-c2[c-]cccc2)cc1C.Cc1cc2ccc3cccc4ccc(c1C)c2c34.[Y].[Y].[Y].[Y].[Y].[Y].[Y].[Y].[Y].[Y].[Y].[Y].[Y].[Y].[Y].[Y].[Y].[Y].[Y].[Y].[Y].[Y].[Y].[Y].[Y].[Y].[Y].[Y].[Y].[Y].[Y]. The van der Waals surface area contributed by atoms with Gasteiger partial charge < -0.3 is 0 Å². The van der Waals surface area contributed by atoms with Crippen LogP contribution < -0.4 is 0 Å². The number of allylic oxidation sites excluding steroid dienone is 14. The van der Waals surface area contributed by atoms with Crippen molar-refractivity contribution in [2.75, 3.05) is 0 Å². The van der Waals surface area contributed by atoms with Crippen molar-refractivity contribution in [3.8, 4) is 11.1 Å². The molecule has 4 aliphatic rings. The van der Waals surface area contributed by atoms with Crippen molar-refractivity contribution < 1.29 is 1010 Å². The Morgan fingerprint density at radius 1 is 0.312 bits per heavy atom. The van der Waals surface area contributed by atoms with Gasteiger partial charge in [-0.25, -0.2) is 11.1 Å². The fourth-order valence-corrected chi connectivity index (χ4v) is 8.08. The Hall–Kier alpha value is 28.8. The summed E-state index contributed by atoms with van der Waals surface area (Å²) in [5, 5.41) is 8.28. The van der Waals surface area contributed by atoms with E-state index in [1.54, 1.807) is 0 Å². The normalized spacial score (nSPS) is 10.3. The van der Waals surface area contributed by atoms with Crippen molar-refractivity contribution in [1.29, 1.82) is 0 Å². The largest absolute Gasteiger partial charge is 0.226 e. The van der Waals surface area contributed by atoms with Crippen LogP contribution in [0.3, 0.4) is 0 Å². The van der Waals surface area contributed by atoms with Crippen molar-refractivity contribution in [1.82, 2.24) is 0 Å². The molecule has 0 aliphatic heterocycles. The Labute approximate surface area is 1350 Å². The second-order valence-corrected chi connectivity index (χ2v) is 14.2. The van der Waals surface area contributed by atoms with Crippen LogP contribution in [0.15, 0.2) is 167 Å². The zero-order valence-electron chi connectivity index (χ0n) is 59.8. The summed E-state index contributed by atoms with van der Waals surface area (Å²) >= 11 is 0. The van der Waals surface area contributed by atoms with Crippen molar-refractivity contribution >= 4 is 32.3 Å². The van der Waals surface area contributed by atoms with Gasteiger partial charge in [0.25, 0.3) is 0 Å². The molecule has 0 nitrogen and oxygen atoms in total. The van der Waals surface area contributed by atoms with Gasteiger partial charge in [0.05, 0.1) is 0 Å². The molecule has 2 atom stereocenters. The molecule has 0 fully saturated rings. The predicted octanol–water partition coefficient (Wildman–Crippen LogP) is 19.3. The van der Waals surface area contributed by atoms with E-state index in [1.165, 1.54) is 88.0 Å². The zero-order valence-corrected chi connectivity index (χ0v) is 148. The van der Waals surface area contributed by atoms with E-state index in [0.29, 0.717) is 11.8 Å². The van der Waals surface area contributed by atoms with E-state index in [1.807, 2.05) is 107 Å². The molecule has 0 N–H and O–H groups in total. The number of hydrogen-bond acceptors (Lipinski definition) is 0. The average molecular weight is 3580 g/mol. The Balaban J connectivity index is -0.0000000184. The molecule has 93 heavy (non-hydrogen) atoms. The van der Waals surface area contributed by atoms with Crippen LogP contribution >= 0.6 is 0 Å². The molecule has 0 heterocycles. The Kier molecular flexibility index (Phi) is 309. The molecule has 0 bridgehead atoms. The van der Waals surface area contributed by atoms with Crippen molar-refractivity contribution in [2.24, 2.45) is 11.8 Å². The molecule has 0 aromatic heterocycles. The molecule has 0 amide bonds. The first kappa shape index (κ1) is 211. The van der Waals surface area contributed by atoms with E-state index in [0.717, 1.165) is 11.1 Å². The monoisotopic (exact) mass is 3580 g/mol. The average Bonchev–Trinajstić information content (AvgIpc) is 3.35. The summed E-state index contributed by atoms with van der Waals surface area (Å²) in [6, 6.07) is 36.5. The first-order chi connectivity index (χ1) is 30.3. The van der Waals surface area contributed by atoms with Crippen LogP contribution in [0, 0.1) is 51.7 Å². The Bertz CT molecular complexity index is 2590. The fraction of sp³-hybridized carbons (Fsp3) is 0.323. The van der Waals surface area contributed by atoms with Crippen LogP contribution in [0.2, 0.25) is 0 Å². The van der Waals surface area contributed by atoms with Crippen LogP contribution in [-0.2, 0) is 1010 Å². The van der Waals surface area contributed by atoms with Gasteiger partial charge in [0.15, 0.2) is 0 Å². The van der Waals surface area contributed by atoms with Gasteiger partial charge in [-0.05, 0) is 105 Å². The molecule has 0 spiro atoms. The molecule has 31 heteroatoms. The maximum Gasteiger partial charge on any atom is 0.0202 e. The van der Waals surface area contributed by atoms with E-state index in [-0.39, 0.29) is 1010 Å². The van der Waals surface area contributed by atoms with Gasteiger partial charge in [0.1, 0.15) is 0 Å². The third-order valence-electron chi connectivity index (χ3n) is 11.3. The molecule has 31 radical (unpaired) electrons. The van der Waals surface area contributed by atoms with E-state index >= 15 is 0 Å². The third-order valence-corrected chi connectivity index (χ3v) is 11.3. The standard InChI is InChI=1S/C18H16.C18H14.C14H12.6C2H6.31Y/c2*1-11-10-15-7-6-13-4-3-5-14-8-9-16(12(11)2)18(15)17(13)14;1-11-8-9-14(10-12(11)2)13-6-4-3-5-7-13;6*1-2;;;;;;;;;;;;;;;;;;;;;;;;;;;;;;;/h3-10,17-18H,1-2H3;3-10H,1-2H3;3-6,8,10H,1-2H3;6*1-2H3;;;;;;;;;;;;;;;;;;;;;;;;;;;;;;;/q;;-2;;;;;;;;;;;;;;;;;;;;;;;;;;;;;;;;;;;;;. The molecule has 6 aromatic rings. The van der Waals surface area contributed by atoms with Gasteiger partial charge in [0.2, 0.25) is 0 Å². The number of hydrogen-bond donors (Lipinski definition) is 0. The van der Waals surface area contributed by atoms with Crippen LogP contribution in [-0.4, -0.2) is 0 Å². The second kappa shape index (κ2) is 136. The second-order valence-electron chi connectivity index (χ2n) is 14.2. The summed E-state index contributed by atoms with van der Waals surface area (Å²) in [5.41, 5.74) is 16.4. The Morgan fingerprint density at radius 3 is 1.14 bits per heavy atom. The zero-order chi connectivity index (χ0) is 46.5. The summed E-state index contributed by atoms with van der Waals surface area (Å²) in [6.07, 6.45) is 18.3. The summed E-state index contributed by atoms with van der Waals surface area (Å²) in [4.78, 5) is 0. The van der Waals surface area contributed by atoms with Crippen molar-refractivity contribution in [2.45, 2.75) is 125 Å². The number of rotatable bonds is 1. The first-order valence-corrected chi connectivity index (χ1v) is 23.8. The Morgan fingerprint density at radius 2 is 0.720 bits per heavy atom. The van der Waals surface area contributed by atoms with E-state index in [2.05, 4.69) is 163 Å². The van der Waals surface area contributed by atoms with Crippen molar-refractivity contribution in [3.63, 3.8) is 0 Å². The summed E-state index contributed by atoms with van der Waals surface area (Å²) in [7, 11) is 0. The van der Waals surface area contributed by atoms with Crippen molar-refractivity contribution in [3.05, 3.63) is 201 Å². The first-order valence-electron chi connectivity index (χ1n) is 23.8. The summed E-state index contributed by atoms with van der Waals surface area (Å²) in [5.74, 6) is 1.10. The molecule has 0 saturated carbocycles. The van der Waals surface area contributed by atoms with E-state index in [4.69, 9.17) is 0 Å². The molecular weight excluding hydrogens is 3500 g/mol. The number of aryl methyl sites for hydroxylation is 4. The van der Waals surface area contributed by atoms with Crippen LogP contribution in [0.5, 0.6) is 0 Å².